The van der Waals surface area contributed by atoms with Crippen molar-refractivity contribution in [3.8, 4) is 0 Å². The zero-order valence-electron chi connectivity index (χ0n) is 12.5. The van der Waals surface area contributed by atoms with Gasteiger partial charge in [0.15, 0.2) is 0 Å². The van der Waals surface area contributed by atoms with Crippen LogP contribution in [0, 0.1) is 11.8 Å². The molecule has 1 unspecified atom stereocenters. The van der Waals surface area contributed by atoms with Crippen molar-refractivity contribution in [3.05, 3.63) is 48.2 Å². The molecule has 2 heterocycles. The lowest BCUT2D eigenvalue weighted by atomic mass is 9.88. The fourth-order valence-corrected chi connectivity index (χ4v) is 2.44. The molecule has 118 valence electrons. The molecule has 0 spiro atoms. The molecule has 1 amide bonds. The fraction of sp³-hybridized carbons (Fsp3) is 0.375. The van der Waals surface area contributed by atoms with Crippen molar-refractivity contribution in [1.82, 2.24) is 15.1 Å². The van der Waals surface area contributed by atoms with Gasteiger partial charge < -0.3 is 10.6 Å². The highest BCUT2D eigenvalue weighted by atomic mass is 35.5. The van der Waals surface area contributed by atoms with Gasteiger partial charge in [0.05, 0.1) is 12.7 Å². The van der Waals surface area contributed by atoms with Gasteiger partial charge in [-0.05, 0) is 24.6 Å². The summed E-state index contributed by atoms with van der Waals surface area (Å²) in [6, 6.07) is 11.9. The number of nitrogens with zero attached hydrogens (tertiary/aromatic N) is 2. The van der Waals surface area contributed by atoms with Crippen LogP contribution in [0.5, 0.6) is 0 Å². The second-order valence-electron chi connectivity index (χ2n) is 5.56. The normalized spacial score (nSPS) is 15.5. The van der Waals surface area contributed by atoms with Crippen LogP contribution in [0.1, 0.15) is 12.5 Å². The highest BCUT2D eigenvalue weighted by molar-refractivity contribution is 5.91. The van der Waals surface area contributed by atoms with Gasteiger partial charge in [-0.3, -0.25) is 4.79 Å². The number of nitrogens with one attached hydrogen (secondary N) is 2. The molecule has 1 saturated heterocycles. The number of benzene rings is 1. The monoisotopic (exact) mass is 320 g/mol. The van der Waals surface area contributed by atoms with E-state index in [0.717, 1.165) is 24.5 Å². The average molecular weight is 321 g/mol. The van der Waals surface area contributed by atoms with Gasteiger partial charge in [-0.1, -0.05) is 37.3 Å². The SMILES string of the molecule is CC(C(=O)Nc1ccnn1Cc1ccccc1)C1CNC1.Cl. The lowest BCUT2D eigenvalue weighted by molar-refractivity contribution is -0.121. The molecule has 5 nitrogen and oxygen atoms in total. The van der Waals surface area contributed by atoms with Gasteiger partial charge in [-0.25, -0.2) is 4.68 Å². The lowest BCUT2D eigenvalue weighted by Gasteiger charge is -2.31. The van der Waals surface area contributed by atoms with Gasteiger partial charge in [-0.15, -0.1) is 12.4 Å². The molecule has 0 aliphatic carbocycles. The van der Waals surface area contributed by atoms with E-state index < -0.39 is 0 Å². The third kappa shape index (κ3) is 3.67. The molecule has 1 atom stereocenters. The Hall–Kier alpha value is -1.85. The minimum absolute atomic E-state index is 0. The van der Waals surface area contributed by atoms with Crippen LogP contribution in [-0.2, 0) is 11.3 Å². The maximum Gasteiger partial charge on any atom is 0.228 e. The van der Waals surface area contributed by atoms with Gasteiger partial charge in [0.25, 0.3) is 0 Å². The zero-order chi connectivity index (χ0) is 14.7. The molecule has 22 heavy (non-hydrogen) atoms. The standard InChI is InChI=1S/C16H20N4O.ClH/c1-12(14-9-17-10-14)16(21)19-15-7-8-18-20(15)11-13-5-3-2-4-6-13;/h2-8,12,14,17H,9-11H2,1H3,(H,19,21);1H. The molecular weight excluding hydrogens is 300 g/mol. The van der Waals surface area contributed by atoms with Crippen molar-refractivity contribution in [2.24, 2.45) is 11.8 Å². The fourth-order valence-electron chi connectivity index (χ4n) is 2.44. The number of aromatic nitrogens is 2. The predicted molar refractivity (Wildman–Crippen MR) is 89.2 cm³/mol. The molecule has 2 aromatic rings. The van der Waals surface area contributed by atoms with Gasteiger partial charge in [0.1, 0.15) is 5.82 Å². The molecule has 1 aromatic carbocycles. The summed E-state index contributed by atoms with van der Waals surface area (Å²) in [5, 5.41) is 10.5. The van der Waals surface area contributed by atoms with Crippen LogP contribution in [0.2, 0.25) is 0 Å². The molecule has 1 aliphatic heterocycles. The minimum atomic E-state index is 0. The number of halogens is 1. The van der Waals surface area contributed by atoms with Crippen LogP contribution in [-0.4, -0.2) is 28.8 Å². The van der Waals surface area contributed by atoms with Crippen molar-refractivity contribution in [1.29, 1.82) is 0 Å². The molecule has 6 heteroatoms. The van der Waals surface area contributed by atoms with E-state index in [9.17, 15) is 4.79 Å². The summed E-state index contributed by atoms with van der Waals surface area (Å²) in [5.41, 5.74) is 1.16. The number of hydrogen-bond donors (Lipinski definition) is 2. The van der Waals surface area contributed by atoms with Crippen LogP contribution in [0.25, 0.3) is 0 Å². The van der Waals surface area contributed by atoms with E-state index in [-0.39, 0.29) is 24.2 Å². The number of carbonyl (C=O) groups excluding carboxylic acids is 1. The average Bonchev–Trinajstić information content (AvgIpc) is 2.85. The quantitative estimate of drug-likeness (QED) is 0.887. The molecule has 0 radical (unpaired) electrons. The number of carbonyl (C=O) groups is 1. The van der Waals surface area contributed by atoms with E-state index in [4.69, 9.17) is 0 Å². The maximum absolute atomic E-state index is 12.3. The first kappa shape index (κ1) is 16.5. The largest absolute Gasteiger partial charge is 0.316 e. The van der Waals surface area contributed by atoms with Gasteiger partial charge >= 0.3 is 0 Å². The summed E-state index contributed by atoms with van der Waals surface area (Å²) < 4.78 is 1.82. The van der Waals surface area contributed by atoms with Crippen LogP contribution < -0.4 is 10.6 Å². The zero-order valence-corrected chi connectivity index (χ0v) is 13.3. The number of rotatable bonds is 5. The van der Waals surface area contributed by atoms with Gasteiger partial charge in [-0.2, -0.15) is 5.10 Å². The lowest BCUT2D eigenvalue weighted by Crippen LogP contribution is -2.48. The molecule has 0 saturated carbocycles. The Labute approximate surface area is 136 Å². The third-order valence-electron chi connectivity index (χ3n) is 4.08. The van der Waals surface area contributed by atoms with E-state index in [1.165, 1.54) is 0 Å². The van der Waals surface area contributed by atoms with Crippen LogP contribution in [0.3, 0.4) is 0 Å². The minimum Gasteiger partial charge on any atom is -0.316 e. The molecular formula is C16H21ClN4O. The van der Waals surface area contributed by atoms with E-state index in [0.29, 0.717) is 12.5 Å². The highest BCUT2D eigenvalue weighted by Crippen LogP contribution is 2.18. The van der Waals surface area contributed by atoms with Gasteiger partial charge in [0.2, 0.25) is 5.91 Å². The first-order chi connectivity index (χ1) is 10.2. The van der Waals surface area contributed by atoms with Crippen LogP contribution >= 0.6 is 12.4 Å². The Bertz CT molecular complexity index is 610. The van der Waals surface area contributed by atoms with Crippen molar-refractivity contribution in [2.75, 3.05) is 18.4 Å². The Morgan fingerprint density at radius 2 is 2.09 bits per heavy atom. The van der Waals surface area contributed by atoms with Crippen LogP contribution in [0.4, 0.5) is 5.82 Å². The van der Waals surface area contributed by atoms with E-state index in [1.54, 1.807) is 6.20 Å². The maximum atomic E-state index is 12.3. The molecule has 1 fully saturated rings. The second-order valence-corrected chi connectivity index (χ2v) is 5.56. The molecule has 3 rings (SSSR count). The van der Waals surface area contributed by atoms with Crippen molar-refractivity contribution in [2.45, 2.75) is 13.5 Å². The third-order valence-corrected chi connectivity index (χ3v) is 4.08. The van der Waals surface area contributed by atoms with E-state index in [2.05, 4.69) is 27.9 Å². The van der Waals surface area contributed by atoms with E-state index in [1.807, 2.05) is 35.9 Å². The number of amides is 1. The second kappa shape index (κ2) is 7.42. The predicted octanol–water partition coefficient (Wildman–Crippen LogP) is 2.15. The first-order valence-electron chi connectivity index (χ1n) is 7.31. The molecule has 2 N–H and O–H groups in total. The summed E-state index contributed by atoms with van der Waals surface area (Å²) in [4.78, 5) is 12.3. The summed E-state index contributed by atoms with van der Waals surface area (Å²) >= 11 is 0. The molecule has 1 aromatic heterocycles. The van der Waals surface area contributed by atoms with Crippen LogP contribution in [0.15, 0.2) is 42.6 Å². The van der Waals surface area contributed by atoms with Gasteiger partial charge in [0, 0.05) is 12.0 Å². The highest BCUT2D eigenvalue weighted by Gasteiger charge is 2.29. The molecule has 0 bridgehead atoms. The topological polar surface area (TPSA) is 59.0 Å². The first-order valence-corrected chi connectivity index (χ1v) is 7.31. The smallest absolute Gasteiger partial charge is 0.228 e. The number of hydrogen-bond acceptors (Lipinski definition) is 3. The summed E-state index contributed by atoms with van der Waals surface area (Å²) in [7, 11) is 0. The van der Waals surface area contributed by atoms with Crippen molar-refractivity contribution in [3.63, 3.8) is 0 Å². The summed E-state index contributed by atoms with van der Waals surface area (Å²) in [5.74, 6) is 1.28. The van der Waals surface area contributed by atoms with Crippen molar-refractivity contribution < 1.29 is 4.79 Å². The summed E-state index contributed by atoms with van der Waals surface area (Å²) in [6.07, 6.45) is 1.72. The summed E-state index contributed by atoms with van der Waals surface area (Å²) in [6.45, 7) is 4.50. The number of anilines is 1. The Kier molecular flexibility index (Phi) is 5.57. The molecule has 1 aliphatic rings. The van der Waals surface area contributed by atoms with E-state index >= 15 is 0 Å². The Balaban J connectivity index is 0.00000176. The Morgan fingerprint density at radius 1 is 1.36 bits per heavy atom. The Morgan fingerprint density at radius 3 is 2.73 bits per heavy atom. The van der Waals surface area contributed by atoms with Crippen molar-refractivity contribution >= 4 is 24.1 Å².